The molecule has 2 aromatic rings. The van der Waals surface area contributed by atoms with E-state index in [1.807, 2.05) is 6.92 Å². The Morgan fingerprint density at radius 1 is 1.28 bits per heavy atom. The molecule has 1 fully saturated rings. The lowest BCUT2D eigenvalue weighted by Crippen LogP contribution is -2.46. The van der Waals surface area contributed by atoms with Crippen molar-refractivity contribution < 1.29 is 14.4 Å². The first-order valence-corrected chi connectivity index (χ1v) is 11.4. The van der Waals surface area contributed by atoms with Crippen LogP contribution in [0.5, 0.6) is 0 Å². The number of aromatic nitrogens is 2. The largest absolute Gasteiger partial charge is 0.300 e. The maximum Gasteiger partial charge on any atom is 0.300 e. The first-order chi connectivity index (χ1) is 14.0. The van der Waals surface area contributed by atoms with Gasteiger partial charge in [0.2, 0.25) is 11.0 Å². The third-order valence-corrected chi connectivity index (χ3v) is 7.00. The predicted octanol–water partition coefficient (Wildman–Crippen LogP) is 4.29. The number of rotatable bonds is 5. The van der Waals surface area contributed by atoms with Gasteiger partial charge >= 0.3 is 0 Å². The van der Waals surface area contributed by atoms with Crippen molar-refractivity contribution in [1.82, 2.24) is 10.2 Å². The Labute approximate surface area is 181 Å². The van der Waals surface area contributed by atoms with Gasteiger partial charge in [-0.2, -0.15) is 0 Å². The molecule has 0 spiro atoms. The van der Waals surface area contributed by atoms with Crippen LogP contribution in [0.4, 0.5) is 10.8 Å². The summed E-state index contributed by atoms with van der Waals surface area (Å²) in [5.41, 5.74) is 0.775. The summed E-state index contributed by atoms with van der Waals surface area (Å²) in [5, 5.41) is 12.6. The number of anilines is 2. The number of hydrogen-bond acceptors (Lipinski definition) is 6. The summed E-state index contributed by atoms with van der Waals surface area (Å²) in [6.45, 7) is 1.81. The maximum atomic E-state index is 13.0. The van der Waals surface area contributed by atoms with E-state index < -0.39 is 17.7 Å². The monoisotopic (exact) mass is 476 g/mol. The highest BCUT2D eigenvalue weighted by atomic mass is 79.9. The summed E-state index contributed by atoms with van der Waals surface area (Å²) >= 11 is 4.72. The van der Waals surface area contributed by atoms with Crippen LogP contribution in [-0.4, -0.2) is 33.8 Å². The zero-order valence-corrected chi connectivity index (χ0v) is 18.4. The van der Waals surface area contributed by atoms with Crippen LogP contribution in [0, 0.1) is 0 Å². The summed E-state index contributed by atoms with van der Waals surface area (Å²) in [6, 6.07) is 4.26. The van der Waals surface area contributed by atoms with Gasteiger partial charge in [0.15, 0.2) is 0 Å². The summed E-state index contributed by atoms with van der Waals surface area (Å²) in [4.78, 5) is 39.2. The smallest absolute Gasteiger partial charge is 0.299 e. The molecule has 2 heterocycles. The van der Waals surface area contributed by atoms with Crippen LogP contribution >= 0.6 is 27.3 Å². The second-order valence-corrected chi connectivity index (χ2v) is 9.28. The minimum absolute atomic E-state index is 0.311. The van der Waals surface area contributed by atoms with Crippen molar-refractivity contribution in [3.05, 3.63) is 33.2 Å². The van der Waals surface area contributed by atoms with Gasteiger partial charge in [-0.15, -0.1) is 10.2 Å². The van der Waals surface area contributed by atoms with Gasteiger partial charge in [-0.25, -0.2) is 0 Å². The Hall–Kier alpha value is -2.13. The zero-order chi connectivity index (χ0) is 20.5. The van der Waals surface area contributed by atoms with E-state index in [0.717, 1.165) is 17.8 Å². The van der Waals surface area contributed by atoms with Crippen LogP contribution < -0.4 is 10.2 Å². The number of ketones is 1. The normalized spacial score (nSPS) is 18.1. The number of nitrogens with one attached hydrogen (secondary N) is 1. The topological polar surface area (TPSA) is 92.3 Å². The molecule has 152 valence electrons. The van der Waals surface area contributed by atoms with Gasteiger partial charge < -0.3 is 0 Å². The molecule has 0 radical (unpaired) electrons. The fourth-order valence-electron chi connectivity index (χ4n) is 4.02. The van der Waals surface area contributed by atoms with Crippen LogP contribution in [0.15, 0.2) is 22.7 Å². The average Bonchev–Trinajstić information content (AvgIpc) is 3.28. The SMILES string of the molecule is CCC(C(=O)Nc1nnc(C2CCCCC2)s1)N1C(=O)C(=O)c2cc(Br)ccc21. The number of hydrogen-bond donors (Lipinski definition) is 1. The van der Waals surface area contributed by atoms with E-state index in [2.05, 4.69) is 31.4 Å². The number of carbonyl (C=O) groups is 3. The molecule has 1 saturated carbocycles. The highest BCUT2D eigenvalue weighted by Gasteiger charge is 2.42. The molecule has 1 aromatic heterocycles. The molecular formula is C20H21BrN4O3S. The van der Waals surface area contributed by atoms with E-state index in [4.69, 9.17) is 0 Å². The highest BCUT2D eigenvalue weighted by molar-refractivity contribution is 9.10. The van der Waals surface area contributed by atoms with Gasteiger partial charge in [-0.05, 0) is 37.5 Å². The quantitative estimate of drug-likeness (QED) is 0.649. The molecule has 4 rings (SSSR count). The van der Waals surface area contributed by atoms with Gasteiger partial charge in [0.1, 0.15) is 11.0 Å². The first kappa shape index (κ1) is 20.2. The lowest BCUT2D eigenvalue weighted by molar-refractivity contribution is -0.121. The zero-order valence-electron chi connectivity index (χ0n) is 16.0. The Kier molecular flexibility index (Phi) is 5.78. The van der Waals surface area contributed by atoms with Gasteiger partial charge in [-0.3, -0.25) is 24.6 Å². The molecule has 0 bridgehead atoms. The van der Waals surface area contributed by atoms with E-state index in [0.29, 0.717) is 33.2 Å². The van der Waals surface area contributed by atoms with Crippen molar-refractivity contribution in [1.29, 1.82) is 0 Å². The van der Waals surface area contributed by atoms with E-state index >= 15 is 0 Å². The number of fused-ring (bicyclic) bond motifs is 1. The minimum Gasteiger partial charge on any atom is -0.299 e. The molecule has 1 aliphatic carbocycles. The maximum absolute atomic E-state index is 13.0. The van der Waals surface area contributed by atoms with Crippen LogP contribution in [0.1, 0.15) is 66.7 Å². The van der Waals surface area contributed by atoms with Gasteiger partial charge in [0, 0.05) is 10.4 Å². The van der Waals surface area contributed by atoms with Crippen LogP contribution in [0.25, 0.3) is 0 Å². The number of halogens is 1. The molecule has 7 nitrogen and oxygen atoms in total. The molecule has 1 aromatic carbocycles. The molecule has 29 heavy (non-hydrogen) atoms. The fraction of sp³-hybridized carbons (Fsp3) is 0.450. The molecule has 2 amide bonds. The first-order valence-electron chi connectivity index (χ1n) is 9.81. The van der Waals surface area contributed by atoms with Gasteiger partial charge in [-0.1, -0.05) is 53.5 Å². The van der Waals surface area contributed by atoms with Crippen LogP contribution in [0.2, 0.25) is 0 Å². The van der Waals surface area contributed by atoms with Gasteiger partial charge in [0.25, 0.3) is 11.7 Å². The Balaban J connectivity index is 1.53. The summed E-state index contributed by atoms with van der Waals surface area (Å²) < 4.78 is 0.709. The van der Waals surface area contributed by atoms with Crippen molar-refractivity contribution in [2.45, 2.75) is 57.4 Å². The van der Waals surface area contributed by atoms with Gasteiger partial charge in [0.05, 0.1) is 11.3 Å². The second kappa shape index (κ2) is 8.31. The minimum atomic E-state index is -0.795. The van der Waals surface area contributed by atoms with Crippen molar-refractivity contribution >= 4 is 55.7 Å². The molecule has 1 aliphatic heterocycles. The average molecular weight is 477 g/mol. The number of amides is 2. The Morgan fingerprint density at radius 3 is 2.76 bits per heavy atom. The van der Waals surface area contributed by atoms with E-state index in [-0.39, 0.29) is 5.91 Å². The molecular weight excluding hydrogens is 456 g/mol. The number of Topliss-reactive ketones (excluding diaryl/α,β-unsaturated/α-hetero) is 1. The van der Waals surface area contributed by atoms with Crippen molar-refractivity contribution in [2.75, 3.05) is 10.2 Å². The lowest BCUT2D eigenvalue weighted by atomic mass is 9.90. The summed E-state index contributed by atoms with van der Waals surface area (Å²) in [5.74, 6) is -1.23. The number of carbonyl (C=O) groups excluding carboxylic acids is 3. The molecule has 9 heteroatoms. The molecule has 0 saturated heterocycles. The molecule has 1 unspecified atom stereocenters. The van der Waals surface area contributed by atoms with E-state index in [9.17, 15) is 14.4 Å². The predicted molar refractivity (Wildman–Crippen MR) is 114 cm³/mol. The molecule has 2 aliphatic rings. The van der Waals surface area contributed by atoms with E-state index in [1.54, 1.807) is 18.2 Å². The third-order valence-electron chi connectivity index (χ3n) is 5.50. The molecule has 1 N–H and O–H groups in total. The standard InChI is InChI=1S/C20H21BrN4O3S/c1-2-14(25-15-9-8-12(21)10-13(15)16(26)19(25)28)17(27)22-20-24-23-18(29-20)11-6-4-3-5-7-11/h8-11,14H,2-7H2,1H3,(H,22,24,27). The van der Waals surface area contributed by atoms with E-state index in [1.165, 1.54) is 35.5 Å². The summed E-state index contributed by atoms with van der Waals surface area (Å²) in [6.07, 6.45) is 6.25. The fourth-order valence-corrected chi connectivity index (χ4v) is 5.29. The number of nitrogens with zero attached hydrogens (tertiary/aromatic N) is 3. The Morgan fingerprint density at radius 2 is 2.03 bits per heavy atom. The van der Waals surface area contributed by atoms with Crippen LogP contribution in [0.3, 0.4) is 0 Å². The third kappa shape index (κ3) is 3.85. The molecule has 1 atom stereocenters. The van der Waals surface area contributed by atoms with Crippen molar-refractivity contribution in [3.63, 3.8) is 0 Å². The highest BCUT2D eigenvalue weighted by Crippen LogP contribution is 2.36. The Bertz CT molecular complexity index is 970. The number of benzene rings is 1. The summed E-state index contributed by atoms with van der Waals surface area (Å²) in [7, 11) is 0. The van der Waals surface area contributed by atoms with Crippen molar-refractivity contribution in [2.24, 2.45) is 0 Å². The van der Waals surface area contributed by atoms with Crippen molar-refractivity contribution in [3.8, 4) is 0 Å². The van der Waals surface area contributed by atoms with Crippen LogP contribution in [-0.2, 0) is 9.59 Å². The second-order valence-electron chi connectivity index (χ2n) is 7.36. The lowest BCUT2D eigenvalue weighted by Gasteiger charge is -2.25.